The lowest BCUT2D eigenvalue weighted by molar-refractivity contribution is 0.0787. The smallest absolute Gasteiger partial charge is 0.272 e. The van der Waals surface area contributed by atoms with Crippen molar-refractivity contribution in [2.24, 2.45) is 0 Å². The molecule has 23 heavy (non-hydrogen) atoms. The van der Waals surface area contributed by atoms with Gasteiger partial charge in [0.1, 0.15) is 5.69 Å². The SMILES string of the molecule is CCCCN(C)C(=O)c1cc(C(=O)NCC2CCCO2)ccn1. The summed E-state index contributed by atoms with van der Waals surface area (Å²) in [5.74, 6) is -0.361. The van der Waals surface area contributed by atoms with Crippen molar-refractivity contribution < 1.29 is 14.3 Å². The predicted molar refractivity (Wildman–Crippen MR) is 87.4 cm³/mol. The van der Waals surface area contributed by atoms with Crippen LogP contribution < -0.4 is 5.32 Å². The van der Waals surface area contributed by atoms with Crippen LogP contribution >= 0.6 is 0 Å². The summed E-state index contributed by atoms with van der Waals surface area (Å²) in [4.78, 5) is 30.2. The minimum absolute atomic E-state index is 0.0991. The Morgan fingerprint density at radius 3 is 3.00 bits per heavy atom. The van der Waals surface area contributed by atoms with E-state index in [0.717, 1.165) is 32.3 Å². The number of unbranched alkanes of at least 4 members (excludes halogenated alkanes) is 1. The number of nitrogens with one attached hydrogen (secondary N) is 1. The van der Waals surface area contributed by atoms with Crippen LogP contribution in [0.15, 0.2) is 18.3 Å². The van der Waals surface area contributed by atoms with Gasteiger partial charge in [-0.1, -0.05) is 13.3 Å². The molecule has 1 aromatic rings. The zero-order valence-electron chi connectivity index (χ0n) is 13.9. The molecule has 1 fully saturated rings. The van der Waals surface area contributed by atoms with Gasteiger partial charge in [-0.05, 0) is 31.4 Å². The average molecular weight is 319 g/mol. The van der Waals surface area contributed by atoms with E-state index in [1.54, 1.807) is 24.1 Å². The molecule has 2 heterocycles. The Morgan fingerprint density at radius 1 is 1.48 bits per heavy atom. The maximum atomic E-state index is 12.3. The maximum Gasteiger partial charge on any atom is 0.272 e. The Labute approximate surface area is 137 Å². The van der Waals surface area contributed by atoms with Crippen LogP contribution in [0.3, 0.4) is 0 Å². The van der Waals surface area contributed by atoms with Crippen molar-refractivity contribution in [1.29, 1.82) is 0 Å². The highest BCUT2D eigenvalue weighted by Gasteiger charge is 2.18. The third-order valence-corrected chi connectivity index (χ3v) is 3.95. The average Bonchev–Trinajstić information content (AvgIpc) is 3.10. The molecule has 2 rings (SSSR count). The monoisotopic (exact) mass is 319 g/mol. The van der Waals surface area contributed by atoms with E-state index < -0.39 is 0 Å². The molecular formula is C17H25N3O3. The lowest BCUT2D eigenvalue weighted by Gasteiger charge is -2.16. The zero-order chi connectivity index (χ0) is 16.7. The topological polar surface area (TPSA) is 71.5 Å². The van der Waals surface area contributed by atoms with Crippen molar-refractivity contribution in [3.05, 3.63) is 29.6 Å². The van der Waals surface area contributed by atoms with Crippen LogP contribution in [0.2, 0.25) is 0 Å². The normalized spacial score (nSPS) is 17.0. The number of hydrogen-bond acceptors (Lipinski definition) is 4. The van der Waals surface area contributed by atoms with E-state index in [-0.39, 0.29) is 17.9 Å². The summed E-state index contributed by atoms with van der Waals surface area (Å²) in [5, 5.41) is 2.85. The van der Waals surface area contributed by atoms with Crippen LogP contribution in [0.1, 0.15) is 53.5 Å². The number of nitrogens with zero attached hydrogens (tertiary/aromatic N) is 2. The predicted octanol–water partition coefficient (Wildman–Crippen LogP) is 1.86. The molecule has 1 saturated heterocycles. The van der Waals surface area contributed by atoms with E-state index in [2.05, 4.69) is 17.2 Å². The van der Waals surface area contributed by atoms with Gasteiger partial charge in [-0.3, -0.25) is 14.6 Å². The largest absolute Gasteiger partial charge is 0.376 e. The lowest BCUT2D eigenvalue weighted by atomic mass is 10.2. The third kappa shape index (κ3) is 5.03. The van der Waals surface area contributed by atoms with Gasteiger partial charge in [0.25, 0.3) is 11.8 Å². The van der Waals surface area contributed by atoms with E-state index in [4.69, 9.17) is 4.74 Å². The Bertz CT molecular complexity index is 542. The van der Waals surface area contributed by atoms with Crippen molar-refractivity contribution in [3.63, 3.8) is 0 Å². The molecule has 126 valence electrons. The van der Waals surface area contributed by atoms with E-state index in [0.29, 0.717) is 24.3 Å². The first-order valence-electron chi connectivity index (χ1n) is 8.23. The molecule has 0 aliphatic carbocycles. The number of hydrogen-bond donors (Lipinski definition) is 1. The molecule has 0 saturated carbocycles. The summed E-state index contributed by atoms with van der Waals surface area (Å²) in [5.41, 5.74) is 0.749. The van der Waals surface area contributed by atoms with E-state index in [1.165, 1.54) is 6.20 Å². The van der Waals surface area contributed by atoms with Crippen LogP contribution in [-0.2, 0) is 4.74 Å². The van der Waals surface area contributed by atoms with E-state index in [1.807, 2.05) is 0 Å². The first-order chi connectivity index (χ1) is 11.1. The second kappa shape index (κ2) is 8.62. The van der Waals surface area contributed by atoms with E-state index in [9.17, 15) is 9.59 Å². The fourth-order valence-electron chi connectivity index (χ4n) is 2.50. The standard InChI is InChI=1S/C17H25N3O3/c1-3-4-9-20(2)17(22)15-11-13(7-8-18-15)16(21)19-12-14-6-5-10-23-14/h7-8,11,14H,3-6,9-10,12H2,1-2H3,(H,19,21). The second-order valence-corrected chi connectivity index (χ2v) is 5.86. The highest BCUT2D eigenvalue weighted by Crippen LogP contribution is 2.11. The van der Waals surface area contributed by atoms with Gasteiger partial charge in [0, 0.05) is 38.5 Å². The minimum atomic E-state index is -0.201. The molecule has 0 radical (unpaired) electrons. The van der Waals surface area contributed by atoms with Crippen LogP contribution in [0, 0.1) is 0 Å². The Morgan fingerprint density at radius 2 is 2.30 bits per heavy atom. The molecule has 1 aliphatic rings. The molecule has 1 aromatic heterocycles. The van der Waals surface area contributed by atoms with Gasteiger partial charge in [0.15, 0.2) is 0 Å². The summed E-state index contributed by atoms with van der Waals surface area (Å²) in [6.45, 7) is 4.03. The summed E-state index contributed by atoms with van der Waals surface area (Å²) >= 11 is 0. The summed E-state index contributed by atoms with van der Waals surface area (Å²) in [7, 11) is 1.75. The fraction of sp³-hybridized carbons (Fsp3) is 0.588. The summed E-state index contributed by atoms with van der Waals surface area (Å²) in [6.07, 6.45) is 5.59. The number of aromatic nitrogens is 1. The highest BCUT2D eigenvalue weighted by molar-refractivity contribution is 5.98. The molecule has 1 N–H and O–H groups in total. The van der Waals surface area contributed by atoms with Crippen molar-refractivity contribution in [2.45, 2.75) is 38.7 Å². The number of amides is 2. The number of ether oxygens (including phenoxy) is 1. The van der Waals surface area contributed by atoms with Gasteiger partial charge < -0.3 is 15.0 Å². The van der Waals surface area contributed by atoms with Crippen molar-refractivity contribution in [2.75, 3.05) is 26.7 Å². The maximum absolute atomic E-state index is 12.3. The second-order valence-electron chi connectivity index (χ2n) is 5.86. The van der Waals surface area contributed by atoms with Crippen LogP contribution in [-0.4, -0.2) is 54.5 Å². The molecule has 6 heteroatoms. The lowest BCUT2D eigenvalue weighted by Crippen LogP contribution is -2.32. The highest BCUT2D eigenvalue weighted by atomic mass is 16.5. The fourth-order valence-corrected chi connectivity index (χ4v) is 2.50. The molecule has 1 atom stereocenters. The van der Waals surface area contributed by atoms with Crippen molar-refractivity contribution in [3.8, 4) is 0 Å². The number of rotatable bonds is 7. The Balaban J connectivity index is 1.95. The zero-order valence-corrected chi connectivity index (χ0v) is 13.9. The molecule has 0 bridgehead atoms. The number of carbonyl (C=O) groups is 2. The summed E-state index contributed by atoms with van der Waals surface area (Å²) < 4.78 is 5.48. The summed E-state index contributed by atoms with van der Waals surface area (Å²) in [6, 6.07) is 3.17. The number of carbonyl (C=O) groups excluding carboxylic acids is 2. The molecule has 6 nitrogen and oxygen atoms in total. The number of pyridine rings is 1. The van der Waals surface area contributed by atoms with Gasteiger partial charge in [0.05, 0.1) is 6.10 Å². The quantitative estimate of drug-likeness (QED) is 0.833. The first-order valence-corrected chi connectivity index (χ1v) is 8.23. The van der Waals surface area contributed by atoms with Gasteiger partial charge in [-0.2, -0.15) is 0 Å². The van der Waals surface area contributed by atoms with Gasteiger partial charge in [0.2, 0.25) is 0 Å². The molecule has 1 aliphatic heterocycles. The van der Waals surface area contributed by atoms with Crippen molar-refractivity contribution >= 4 is 11.8 Å². The van der Waals surface area contributed by atoms with Crippen LogP contribution in [0.25, 0.3) is 0 Å². The van der Waals surface area contributed by atoms with Gasteiger partial charge in [-0.25, -0.2) is 0 Å². The molecule has 2 amide bonds. The van der Waals surface area contributed by atoms with E-state index >= 15 is 0 Å². The Hall–Kier alpha value is -1.95. The molecule has 0 aromatic carbocycles. The molecule has 0 spiro atoms. The van der Waals surface area contributed by atoms with Gasteiger partial charge in [-0.15, -0.1) is 0 Å². The first kappa shape index (κ1) is 17.4. The van der Waals surface area contributed by atoms with Crippen molar-refractivity contribution in [1.82, 2.24) is 15.2 Å². The van der Waals surface area contributed by atoms with Crippen LogP contribution in [0.4, 0.5) is 0 Å². The van der Waals surface area contributed by atoms with Crippen LogP contribution in [0.5, 0.6) is 0 Å². The Kier molecular flexibility index (Phi) is 6.52. The molecular weight excluding hydrogens is 294 g/mol. The minimum Gasteiger partial charge on any atom is -0.376 e. The third-order valence-electron chi connectivity index (χ3n) is 3.95. The van der Waals surface area contributed by atoms with Gasteiger partial charge >= 0.3 is 0 Å². The molecule has 1 unspecified atom stereocenters.